The Bertz CT molecular complexity index is 723. The van der Waals surface area contributed by atoms with Crippen molar-refractivity contribution in [2.24, 2.45) is 0 Å². The van der Waals surface area contributed by atoms with Crippen molar-refractivity contribution in [2.45, 2.75) is 33.4 Å². The smallest absolute Gasteiger partial charge is 0.253 e. The number of piperazine rings is 1. The number of nitrogens with one attached hydrogen (secondary N) is 1. The normalized spacial score (nSPS) is 17.4. The van der Waals surface area contributed by atoms with Crippen molar-refractivity contribution in [3.8, 4) is 5.75 Å². The predicted molar refractivity (Wildman–Crippen MR) is 97.9 cm³/mol. The third-order valence-electron chi connectivity index (χ3n) is 4.47. The van der Waals surface area contributed by atoms with Crippen molar-refractivity contribution in [1.29, 1.82) is 0 Å². The highest BCUT2D eigenvalue weighted by Gasteiger charge is 2.22. The van der Waals surface area contributed by atoms with Crippen LogP contribution < -0.4 is 10.1 Å². The first-order valence-corrected chi connectivity index (χ1v) is 8.70. The fourth-order valence-corrected chi connectivity index (χ4v) is 3.24. The van der Waals surface area contributed by atoms with Crippen LogP contribution in [0.1, 0.15) is 34.0 Å². The summed E-state index contributed by atoms with van der Waals surface area (Å²) in [6.45, 7) is 8.89. The number of pyridine rings is 1. The van der Waals surface area contributed by atoms with E-state index in [1.165, 1.54) is 0 Å². The molecule has 1 aliphatic heterocycles. The Labute approximate surface area is 149 Å². The molecule has 1 N–H and O–H groups in total. The van der Waals surface area contributed by atoms with Gasteiger partial charge in [-0.15, -0.1) is 0 Å². The lowest BCUT2D eigenvalue weighted by Crippen LogP contribution is -2.51. The van der Waals surface area contributed by atoms with Gasteiger partial charge in [0.25, 0.3) is 5.91 Å². The van der Waals surface area contributed by atoms with Crippen molar-refractivity contribution in [3.63, 3.8) is 0 Å². The molecule has 1 aromatic heterocycles. The molecular formula is C20H25N3O2. The van der Waals surface area contributed by atoms with Gasteiger partial charge in [0, 0.05) is 49.2 Å². The number of benzene rings is 1. The van der Waals surface area contributed by atoms with Crippen LogP contribution in [-0.2, 0) is 6.61 Å². The molecule has 1 saturated heterocycles. The van der Waals surface area contributed by atoms with Crippen LogP contribution in [-0.4, -0.2) is 41.5 Å². The van der Waals surface area contributed by atoms with Crippen LogP contribution in [0, 0.1) is 13.8 Å². The van der Waals surface area contributed by atoms with Gasteiger partial charge < -0.3 is 15.0 Å². The summed E-state index contributed by atoms with van der Waals surface area (Å²) >= 11 is 0. The highest BCUT2D eigenvalue weighted by molar-refractivity contribution is 5.95. The van der Waals surface area contributed by atoms with E-state index in [4.69, 9.17) is 4.74 Å². The molecule has 5 nitrogen and oxygen atoms in total. The van der Waals surface area contributed by atoms with E-state index in [1.54, 1.807) is 12.4 Å². The molecule has 25 heavy (non-hydrogen) atoms. The van der Waals surface area contributed by atoms with Crippen molar-refractivity contribution < 1.29 is 9.53 Å². The Morgan fingerprint density at radius 1 is 1.36 bits per heavy atom. The summed E-state index contributed by atoms with van der Waals surface area (Å²) in [5, 5.41) is 3.36. The lowest BCUT2D eigenvalue weighted by molar-refractivity contribution is 0.0709. The molecule has 3 rings (SSSR count). The molecule has 0 saturated carbocycles. The summed E-state index contributed by atoms with van der Waals surface area (Å²) in [6.07, 6.45) is 3.55. The Morgan fingerprint density at radius 2 is 2.12 bits per heavy atom. The Morgan fingerprint density at radius 3 is 2.76 bits per heavy atom. The van der Waals surface area contributed by atoms with Crippen molar-refractivity contribution in [3.05, 3.63) is 58.9 Å². The first kappa shape index (κ1) is 17.4. The molecule has 2 heterocycles. The van der Waals surface area contributed by atoms with E-state index < -0.39 is 0 Å². The highest BCUT2D eigenvalue weighted by Crippen LogP contribution is 2.26. The van der Waals surface area contributed by atoms with Gasteiger partial charge in [0.2, 0.25) is 0 Å². The lowest BCUT2D eigenvalue weighted by atomic mass is 10.0. The Hall–Kier alpha value is -2.40. The minimum atomic E-state index is 0.0957. The van der Waals surface area contributed by atoms with Crippen LogP contribution in [0.5, 0.6) is 5.75 Å². The standard InChI is InChI=1S/C20H25N3O2/c1-14-9-18(20(24)23-8-7-22-16(3)12-23)10-15(2)19(14)25-13-17-5-4-6-21-11-17/h4-6,9-11,16,22H,7-8,12-13H2,1-3H3/t16-/m1/s1. The van der Waals surface area contributed by atoms with E-state index >= 15 is 0 Å². The largest absolute Gasteiger partial charge is 0.488 e. The topological polar surface area (TPSA) is 54.5 Å². The predicted octanol–water partition coefficient (Wildman–Crippen LogP) is 2.71. The second-order valence-electron chi connectivity index (χ2n) is 6.70. The first-order valence-electron chi connectivity index (χ1n) is 8.70. The van der Waals surface area contributed by atoms with Gasteiger partial charge in [-0.2, -0.15) is 0 Å². The van der Waals surface area contributed by atoms with Crippen molar-refractivity contribution in [2.75, 3.05) is 19.6 Å². The zero-order valence-corrected chi connectivity index (χ0v) is 15.1. The number of hydrogen-bond donors (Lipinski definition) is 1. The zero-order valence-electron chi connectivity index (χ0n) is 15.1. The molecule has 1 aromatic carbocycles. The summed E-state index contributed by atoms with van der Waals surface area (Å²) in [4.78, 5) is 18.8. The van der Waals surface area contributed by atoms with Gasteiger partial charge in [0.1, 0.15) is 12.4 Å². The summed E-state index contributed by atoms with van der Waals surface area (Å²) in [7, 11) is 0. The Kier molecular flexibility index (Phi) is 5.34. The van der Waals surface area contributed by atoms with Crippen LogP contribution in [0.4, 0.5) is 0 Å². The Balaban J connectivity index is 1.74. The maximum absolute atomic E-state index is 12.8. The number of amides is 1. The number of aryl methyl sites for hydroxylation is 2. The van der Waals surface area contributed by atoms with Gasteiger partial charge in [-0.05, 0) is 50.1 Å². The molecule has 0 unspecified atom stereocenters. The van der Waals surface area contributed by atoms with Crippen LogP contribution in [0.15, 0.2) is 36.7 Å². The van der Waals surface area contributed by atoms with E-state index in [1.807, 2.05) is 43.0 Å². The zero-order chi connectivity index (χ0) is 17.8. The number of ether oxygens (including phenoxy) is 1. The fraction of sp³-hybridized carbons (Fsp3) is 0.400. The summed E-state index contributed by atoms with van der Waals surface area (Å²) < 4.78 is 5.98. The third-order valence-corrected chi connectivity index (χ3v) is 4.47. The fourth-order valence-electron chi connectivity index (χ4n) is 3.24. The first-order chi connectivity index (χ1) is 12.0. The second kappa shape index (κ2) is 7.66. The van der Waals surface area contributed by atoms with Gasteiger partial charge in [-0.1, -0.05) is 6.07 Å². The third kappa shape index (κ3) is 4.17. The molecule has 0 bridgehead atoms. The molecule has 5 heteroatoms. The molecule has 0 spiro atoms. The minimum Gasteiger partial charge on any atom is -0.488 e. The average molecular weight is 339 g/mol. The number of nitrogens with zero attached hydrogens (tertiary/aromatic N) is 2. The molecule has 1 fully saturated rings. The van der Waals surface area contributed by atoms with Crippen molar-refractivity contribution in [1.82, 2.24) is 15.2 Å². The minimum absolute atomic E-state index is 0.0957. The molecule has 1 atom stereocenters. The van der Waals surface area contributed by atoms with E-state index in [-0.39, 0.29) is 5.91 Å². The molecule has 1 amide bonds. The van der Waals surface area contributed by atoms with Crippen LogP contribution in [0.3, 0.4) is 0 Å². The van der Waals surface area contributed by atoms with Crippen LogP contribution >= 0.6 is 0 Å². The van der Waals surface area contributed by atoms with Gasteiger partial charge in [-0.3, -0.25) is 9.78 Å². The molecule has 1 aliphatic rings. The van der Waals surface area contributed by atoms with Crippen molar-refractivity contribution >= 4 is 5.91 Å². The number of hydrogen-bond acceptors (Lipinski definition) is 4. The summed E-state index contributed by atoms with van der Waals surface area (Å²) in [6, 6.07) is 8.08. The molecular weight excluding hydrogens is 314 g/mol. The molecule has 2 aromatic rings. The average Bonchev–Trinajstić information content (AvgIpc) is 2.61. The van der Waals surface area contributed by atoms with E-state index in [0.717, 1.165) is 47.6 Å². The van der Waals surface area contributed by atoms with E-state index in [2.05, 4.69) is 17.2 Å². The van der Waals surface area contributed by atoms with Gasteiger partial charge in [0.05, 0.1) is 0 Å². The van der Waals surface area contributed by atoms with Crippen LogP contribution in [0.2, 0.25) is 0 Å². The second-order valence-corrected chi connectivity index (χ2v) is 6.70. The number of rotatable bonds is 4. The van der Waals surface area contributed by atoms with Crippen LogP contribution in [0.25, 0.3) is 0 Å². The maximum atomic E-state index is 12.8. The molecule has 132 valence electrons. The van der Waals surface area contributed by atoms with E-state index in [9.17, 15) is 4.79 Å². The number of aromatic nitrogens is 1. The highest BCUT2D eigenvalue weighted by atomic mass is 16.5. The summed E-state index contributed by atoms with van der Waals surface area (Å²) in [5.74, 6) is 0.937. The quantitative estimate of drug-likeness (QED) is 0.930. The molecule has 0 radical (unpaired) electrons. The van der Waals surface area contributed by atoms with Gasteiger partial charge in [-0.25, -0.2) is 0 Å². The van der Waals surface area contributed by atoms with Gasteiger partial charge in [0.15, 0.2) is 0 Å². The summed E-state index contributed by atoms with van der Waals surface area (Å²) in [5.41, 5.74) is 3.72. The number of carbonyl (C=O) groups excluding carboxylic acids is 1. The maximum Gasteiger partial charge on any atom is 0.253 e. The SMILES string of the molecule is Cc1cc(C(=O)N2CCN[C@H](C)C2)cc(C)c1OCc1cccnc1. The number of carbonyl (C=O) groups is 1. The molecule has 0 aliphatic carbocycles. The lowest BCUT2D eigenvalue weighted by Gasteiger charge is -2.32. The van der Waals surface area contributed by atoms with E-state index in [0.29, 0.717) is 12.6 Å². The monoisotopic (exact) mass is 339 g/mol. The van der Waals surface area contributed by atoms with Gasteiger partial charge >= 0.3 is 0 Å².